The second-order valence-corrected chi connectivity index (χ2v) is 9.05. The summed E-state index contributed by atoms with van der Waals surface area (Å²) in [5.74, 6) is 0. The predicted octanol–water partition coefficient (Wildman–Crippen LogP) is 4.88. The summed E-state index contributed by atoms with van der Waals surface area (Å²) in [7, 11) is -3.59. The molecule has 30 heavy (non-hydrogen) atoms. The molecule has 0 amide bonds. The topological polar surface area (TPSA) is 43.4 Å². The van der Waals surface area contributed by atoms with Crippen molar-refractivity contribution in [3.63, 3.8) is 0 Å². The molecule has 0 unspecified atom stereocenters. The first kappa shape index (κ1) is 32.1. The zero-order chi connectivity index (χ0) is 21.6. The fraction of sp³-hybridized carbons (Fsp3) is 0.640. The first-order valence-electron chi connectivity index (χ1n) is 11.4. The Morgan fingerprint density at radius 3 is 1.67 bits per heavy atom. The zero-order valence-corrected chi connectivity index (χ0v) is 22.4. The van der Waals surface area contributed by atoms with Gasteiger partial charge < -0.3 is 6.92 Å². The summed E-state index contributed by atoms with van der Waals surface area (Å²) in [6, 6.07) is 8.00. The van der Waals surface area contributed by atoms with Gasteiger partial charge in [0.25, 0.3) is 10.1 Å². The van der Waals surface area contributed by atoms with Crippen LogP contribution >= 0.6 is 0 Å². The predicted molar refractivity (Wildman–Crippen MR) is 125 cm³/mol. The van der Waals surface area contributed by atoms with E-state index < -0.39 is 10.1 Å². The summed E-state index contributed by atoms with van der Waals surface area (Å²) in [4.78, 5) is 0.164. The van der Waals surface area contributed by atoms with Gasteiger partial charge in [-0.3, -0.25) is 4.18 Å². The van der Waals surface area contributed by atoms with E-state index in [9.17, 15) is 8.42 Å². The average Bonchev–Trinajstić information content (AvgIpc) is 2.74. The zero-order valence-electron chi connectivity index (χ0n) is 19.6. The van der Waals surface area contributed by atoms with Crippen LogP contribution in [0.1, 0.15) is 96.8 Å². The van der Waals surface area contributed by atoms with Gasteiger partial charge in [-0.25, -0.2) is 0 Å². The molecule has 168 valence electrons. The fourth-order valence-electron chi connectivity index (χ4n) is 2.99. The smallest absolute Gasteiger partial charge is 0.343 e. The molecule has 0 aliphatic heterocycles. The van der Waals surface area contributed by atoms with Crippen molar-refractivity contribution < 1.29 is 42.2 Å². The van der Waals surface area contributed by atoms with Crippen LogP contribution < -0.4 is 29.6 Å². The fourth-order valence-corrected chi connectivity index (χ4v) is 3.89. The van der Waals surface area contributed by atoms with Crippen molar-refractivity contribution >= 4 is 10.1 Å². The van der Waals surface area contributed by atoms with Gasteiger partial charge in [-0.05, 0) is 12.1 Å². The van der Waals surface area contributed by atoms with E-state index in [1.54, 1.807) is 18.2 Å². The minimum Gasteiger partial charge on any atom is -0.343 e. The first-order valence-corrected chi connectivity index (χ1v) is 12.8. The normalized spacial score (nSPS) is 10.6. The van der Waals surface area contributed by atoms with E-state index in [1.165, 1.54) is 102 Å². The van der Waals surface area contributed by atoms with Crippen molar-refractivity contribution in [2.24, 2.45) is 0 Å². The Morgan fingerprint density at radius 2 is 1.27 bits per heavy atom. The van der Waals surface area contributed by atoms with Crippen molar-refractivity contribution in [2.75, 3.05) is 6.61 Å². The summed E-state index contributed by atoms with van der Waals surface area (Å²) in [5, 5.41) is 0. The molecule has 1 rings (SSSR count). The van der Waals surface area contributed by atoms with Crippen LogP contribution in [-0.4, -0.2) is 15.0 Å². The van der Waals surface area contributed by atoms with Crippen molar-refractivity contribution in [1.29, 1.82) is 0 Å². The van der Waals surface area contributed by atoms with E-state index in [4.69, 9.17) is 0 Å². The van der Waals surface area contributed by atoms with Gasteiger partial charge in [0.15, 0.2) is 0 Å². The van der Waals surface area contributed by atoms with E-state index in [1.807, 2.05) is 0 Å². The maximum Gasteiger partial charge on any atom is 1.00 e. The number of benzene rings is 1. The number of hydrogen-bond donors (Lipinski definition) is 0. The molecule has 3 nitrogen and oxygen atoms in total. The summed E-state index contributed by atoms with van der Waals surface area (Å²) >= 11 is 0. The SMILES string of the molecule is C=CCOS(=O)(=O)c1ccccc1.[CH2-]CCCCCCCCCCCCCCC.[Na+]. The molecule has 1 aromatic rings. The minimum absolute atomic E-state index is 0. The number of rotatable bonds is 17. The van der Waals surface area contributed by atoms with E-state index in [-0.39, 0.29) is 41.1 Å². The Bertz CT molecular complexity index is 559. The van der Waals surface area contributed by atoms with Gasteiger partial charge in [0.1, 0.15) is 0 Å². The third kappa shape index (κ3) is 19.8. The van der Waals surface area contributed by atoms with Crippen molar-refractivity contribution in [2.45, 2.75) is 102 Å². The van der Waals surface area contributed by atoms with Crippen molar-refractivity contribution in [3.05, 3.63) is 49.9 Å². The molecular formula is C25H43NaO3S. The van der Waals surface area contributed by atoms with Crippen LogP contribution in [-0.2, 0) is 14.3 Å². The third-order valence-corrected chi connectivity index (χ3v) is 6.02. The van der Waals surface area contributed by atoms with Crippen LogP contribution in [0, 0.1) is 6.92 Å². The van der Waals surface area contributed by atoms with Gasteiger partial charge in [0, 0.05) is 0 Å². The van der Waals surface area contributed by atoms with Crippen LogP contribution in [0.15, 0.2) is 47.9 Å². The van der Waals surface area contributed by atoms with Gasteiger partial charge in [-0.15, -0.1) is 6.58 Å². The van der Waals surface area contributed by atoms with E-state index >= 15 is 0 Å². The molecule has 0 bridgehead atoms. The van der Waals surface area contributed by atoms with E-state index in [0.717, 1.165) is 6.42 Å². The van der Waals surface area contributed by atoms with Crippen LogP contribution in [0.25, 0.3) is 0 Å². The molecule has 0 N–H and O–H groups in total. The third-order valence-electron chi connectivity index (χ3n) is 4.73. The standard InChI is InChI=1S/C16H33.C9H10O3S.Na/c1-3-5-7-9-11-13-15-16-14-12-10-8-6-4-2;1-2-8-12-13(10,11)9-6-4-3-5-7-9;/h1,3-16H2,2H3;2-7H,1,8H2;/q-1;;+1. The molecule has 0 heterocycles. The summed E-state index contributed by atoms with van der Waals surface area (Å²) in [5.41, 5.74) is 0. The first-order chi connectivity index (χ1) is 14.1. The quantitative estimate of drug-likeness (QED) is 0.113. The largest absolute Gasteiger partial charge is 1.00 e. The molecule has 0 aromatic heterocycles. The second kappa shape index (κ2) is 23.5. The Kier molecular flexibility index (Phi) is 25.1. The molecule has 0 aliphatic carbocycles. The summed E-state index contributed by atoms with van der Waals surface area (Å²) in [6.07, 6.45) is 21.2. The Labute approximate surface area is 209 Å². The molecule has 0 spiro atoms. The monoisotopic (exact) mass is 446 g/mol. The molecule has 0 aliphatic rings. The van der Waals surface area contributed by atoms with Gasteiger partial charge in [-0.1, -0.05) is 115 Å². The Hall–Kier alpha value is -0.130. The van der Waals surface area contributed by atoms with Crippen molar-refractivity contribution in [3.8, 4) is 0 Å². The van der Waals surface area contributed by atoms with Crippen LogP contribution in [0.2, 0.25) is 0 Å². The molecule has 1 aromatic carbocycles. The molecule has 0 radical (unpaired) electrons. The van der Waals surface area contributed by atoms with Crippen LogP contribution in [0.3, 0.4) is 0 Å². The Balaban J connectivity index is 0. The van der Waals surface area contributed by atoms with Crippen molar-refractivity contribution in [1.82, 2.24) is 0 Å². The van der Waals surface area contributed by atoms with E-state index in [2.05, 4.69) is 24.6 Å². The molecule has 0 saturated heterocycles. The Morgan fingerprint density at radius 1 is 0.833 bits per heavy atom. The summed E-state index contributed by atoms with van der Waals surface area (Å²) in [6.45, 7) is 9.53. The minimum atomic E-state index is -3.59. The number of hydrogen-bond acceptors (Lipinski definition) is 3. The molecular weight excluding hydrogens is 403 g/mol. The van der Waals surface area contributed by atoms with Gasteiger partial charge in [0.05, 0.1) is 11.5 Å². The molecule has 0 atom stereocenters. The van der Waals surface area contributed by atoms with Crippen LogP contribution in [0.4, 0.5) is 0 Å². The van der Waals surface area contributed by atoms with Gasteiger partial charge in [0.2, 0.25) is 0 Å². The van der Waals surface area contributed by atoms with Gasteiger partial charge >= 0.3 is 29.6 Å². The molecule has 5 heteroatoms. The molecule has 0 saturated carbocycles. The van der Waals surface area contributed by atoms with E-state index in [0.29, 0.717) is 0 Å². The second-order valence-electron chi connectivity index (χ2n) is 7.44. The maximum absolute atomic E-state index is 11.3. The summed E-state index contributed by atoms with van der Waals surface area (Å²) < 4.78 is 27.3. The van der Waals surface area contributed by atoms with Crippen LogP contribution in [0.5, 0.6) is 0 Å². The average molecular weight is 447 g/mol. The molecule has 0 fully saturated rings. The number of unbranched alkanes of at least 4 members (excludes halogenated alkanes) is 13. The maximum atomic E-state index is 11.3. The van der Waals surface area contributed by atoms with Gasteiger partial charge in [-0.2, -0.15) is 14.8 Å².